The minimum atomic E-state index is -0.522. The summed E-state index contributed by atoms with van der Waals surface area (Å²) in [5, 5.41) is 11.0. The van der Waals surface area contributed by atoms with Crippen molar-refractivity contribution >= 4 is 29.2 Å². The average Bonchev–Trinajstić information content (AvgIpc) is 3.07. The standard InChI is InChI=1S/C18H16N8O2/c1-11-24-25-15-8-7-12(9-26(11)15)16(27)28-10-14-21-17(19)23-18(22-14)20-13-5-3-2-4-6-13/h2-9H,10H2,1H3,(H3,19,20,21,22,23). The smallest absolute Gasteiger partial charge is 0.340 e. The van der Waals surface area contributed by atoms with Crippen LogP contribution in [-0.4, -0.2) is 35.5 Å². The summed E-state index contributed by atoms with van der Waals surface area (Å²) in [6.07, 6.45) is 1.62. The number of aryl methyl sites for hydroxylation is 1. The second kappa shape index (κ2) is 7.27. The first kappa shape index (κ1) is 17.3. The van der Waals surface area contributed by atoms with Crippen LogP contribution in [-0.2, 0) is 11.3 Å². The van der Waals surface area contributed by atoms with Gasteiger partial charge >= 0.3 is 5.97 Å². The fraction of sp³-hybridized carbons (Fsp3) is 0.111. The summed E-state index contributed by atoms with van der Waals surface area (Å²) in [6.45, 7) is 1.65. The molecule has 140 valence electrons. The molecule has 0 aliphatic carbocycles. The van der Waals surface area contributed by atoms with Crippen LogP contribution >= 0.6 is 0 Å². The molecule has 0 aliphatic rings. The van der Waals surface area contributed by atoms with E-state index in [9.17, 15) is 4.79 Å². The molecule has 10 nitrogen and oxygen atoms in total. The summed E-state index contributed by atoms with van der Waals surface area (Å²) in [6, 6.07) is 12.7. The predicted molar refractivity (Wildman–Crippen MR) is 101 cm³/mol. The summed E-state index contributed by atoms with van der Waals surface area (Å²) in [5.41, 5.74) is 7.55. The van der Waals surface area contributed by atoms with E-state index in [0.29, 0.717) is 17.0 Å². The molecule has 0 radical (unpaired) electrons. The van der Waals surface area contributed by atoms with Crippen molar-refractivity contribution in [2.45, 2.75) is 13.5 Å². The van der Waals surface area contributed by atoms with E-state index in [0.717, 1.165) is 5.69 Å². The number of fused-ring (bicyclic) bond motifs is 1. The number of rotatable bonds is 5. The van der Waals surface area contributed by atoms with Crippen molar-refractivity contribution in [1.82, 2.24) is 29.5 Å². The van der Waals surface area contributed by atoms with Gasteiger partial charge in [0.1, 0.15) is 5.82 Å². The highest BCUT2D eigenvalue weighted by molar-refractivity contribution is 5.89. The highest BCUT2D eigenvalue weighted by atomic mass is 16.5. The minimum absolute atomic E-state index is 0.0287. The Hall–Kier alpha value is -4.08. The fourth-order valence-electron chi connectivity index (χ4n) is 2.55. The number of nitrogen functional groups attached to an aromatic ring is 1. The molecule has 4 aromatic rings. The zero-order valence-electron chi connectivity index (χ0n) is 14.9. The molecular weight excluding hydrogens is 360 g/mol. The Balaban J connectivity index is 1.47. The van der Waals surface area contributed by atoms with Gasteiger partial charge in [-0.25, -0.2) is 4.79 Å². The number of anilines is 3. The number of benzene rings is 1. The quantitative estimate of drug-likeness (QED) is 0.501. The topological polar surface area (TPSA) is 133 Å². The lowest BCUT2D eigenvalue weighted by atomic mass is 10.3. The van der Waals surface area contributed by atoms with Crippen LogP contribution in [0.2, 0.25) is 0 Å². The second-order valence-electron chi connectivity index (χ2n) is 5.89. The summed E-state index contributed by atoms with van der Waals surface area (Å²) >= 11 is 0. The van der Waals surface area contributed by atoms with Crippen molar-refractivity contribution in [2.75, 3.05) is 11.1 Å². The third-order valence-corrected chi connectivity index (χ3v) is 3.87. The predicted octanol–water partition coefficient (Wildman–Crippen LogP) is 1.91. The van der Waals surface area contributed by atoms with Crippen molar-refractivity contribution in [3.63, 3.8) is 0 Å². The number of nitrogens with one attached hydrogen (secondary N) is 1. The van der Waals surface area contributed by atoms with Crippen LogP contribution in [0.3, 0.4) is 0 Å². The van der Waals surface area contributed by atoms with Crippen molar-refractivity contribution in [2.24, 2.45) is 0 Å². The van der Waals surface area contributed by atoms with Gasteiger partial charge in [-0.1, -0.05) is 18.2 Å². The van der Waals surface area contributed by atoms with Gasteiger partial charge in [-0.15, -0.1) is 10.2 Å². The molecule has 3 aromatic heterocycles. The molecular formula is C18H16N8O2. The van der Waals surface area contributed by atoms with Crippen molar-refractivity contribution < 1.29 is 9.53 Å². The number of hydrogen-bond donors (Lipinski definition) is 2. The molecule has 4 rings (SSSR count). The van der Waals surface area contributed by atoms with Crippen LogP contribution in [0.1, 0.15) is 22.0 Å². The molecule has 0 amide bonds. The number of esters is 1. The van der Waals surface area contributed by atoms with E-state index in [1.165, 1.54) is 0 Å². The van der Waals surface area contributed by atoms with Gasteiger partial charge in [0.15, 0.2) is 18.1 Å². The minimum Gasteiger partial charge on any atom is -0.454 e. The number of para-hydroxylation sites is 1. The number of carbonyl (C=O) groups excluding carboxylic acids is 1. The molecule has 0 spiro atoms. The summed E-state index contributed by atoms with van der Waals surface area (Å²) < 4.78 is 7.02. The van der Waals surface area contributed by atoms with Gasteiger partial charge in [-0.3, -0.25) is 4.40 Å². The number of hydrogen-bond acceptors (Lipinski definition) is 9. The van der Waals surface area contributed by atoms with E-state index in [1.54, 1.807) is 29.7 Å². The maximum atomic E-state index is 12.4. The Kier molecular flexibility index (Phi) is 4.50. The van der Waals surface area contributed by atoms with E-state index in [2.05, 4.69) is 30.5 Å². The molecule has 0 saturated carbocycles. The Bertz CT molecular complexity index is 1140. The van der Waals surface area contributed by atoms with E-state index in [1.807, 2.05) is 30.3 Å². The van der Waals surface area contributed by atoms with Crippen molar-refractivity contribution in [3.05, 3.63) is 65.9 Å². The van der Waals surface area contributed by atoms with Gasteiger partial charge in [0.2, 0.25) is 11.9 Å². The summed E-state index contributed by atoms with van der Waals surface area (Å²) in [4.78, 5) is 24.6. The van der Waals surface area contributed by atoms with Gasteiger partial charge in [0.05, 0.1) is 5.56 Å². The summed E-state index contributed by atoms with van der Waals surface area (Å²) in [5.74, 6) is 0.686. The number of aromatic nitrogens is 6. The van der Waals surface area contributed by atoms with Gasteiger partial charge in [0, 0.05) is 11.9 Å². The van der Waals surface area contributed by atoms with Crippen LogP contribution in [0.5, 0.6) is 0 Å². The third-order valence-electron chi connectivity index (χ3n) is 3.87. The van der Waals surface area contributed by atoms with Crippen LogP contribution in [0.25, 0.3) is 5.65 Å². The monoisotopic (exact) mass is 376 g/mol. The lowest BCUT2D eigenvalue weighted by Gasteiger charge is -2.08. The molecule has 28 heavy (non-hydrogen) atoms. The number of pyridine rings is 1. The first-order valence-corrected chi connectivity index (χ1v) is 8.39. The normalized spacial score (nSPS) is 10.8. The number of nitrogens with zero attached hydrogens (tertiary/aromatic N) is 6. The highest BCUT2D eigenvalue weighted by Gasteiger charge is 2.12. The molecule has 10 heteroatoms. The van der Waals surface area contributed by atoms with Gasteiger partial charge in [-0.2, -0.15) is 15.0 Å². The van der Waals surface area contributed by atoms with E-state index < -0.39 is 5.97 Å². The Morgan fingerprint density at radius 1 is 1.11 bits per heavy atom. The lowest BCUT2D eigenvalue weighted by Crippen LogP contribution is -2.11. The second-order valence-corrected chi connectivity index (χ2v) is 5.89. The number of ether oxygens (including phenoxy) is 1. The highest BCUT2D eigenvalue weighted by Crippen LogP contribution is 2.14. The summed E-state index contributed by atoms with van der Waals surface area (Å²) in [7, 11) is 0. The lowest BCUT2D eigenvalue weighted by molar-refractivity contribution is 0.0461. The van der Waals surface area contributed by atoms with Gasteiger partial charge < -0.3 is 15.8 Å². The van der Waals surface area contributed by atoms with Crippen molar-refractivity contribution in [1.29, 1.82) is 0 Å². The molecule has 1 aromatic carbocycles. The van der Waals surface area contributed by atoms with Gasteiger partial charge in [-0.05, 0) is 31.2 Å². The molecule has 0 saturated heterocycles. The zero-order chi connectivity index (χ0) is 19.5. The largest absolute Gasteiger partial charge is 0.454 e. The fourth-order valence-corrected chi connectivity index (χ4v) is 2.55. The molecule has 0 aliphatic heterocycles. The first-order valence-electron chi connectivity index (χ1n) is 8.39. The van der Waals surface area contributed by atoms with Crippen LogP contribution < -0.4 is 11.1 Å². The Morgan fingerprint density at radius 2 is 1.93 bits per heavy atom. The maximum absolute atomic E-state index is 12.4. The Morgan fingerprint density at radius 3 is 2.75 bits per heavy atom. The molecule has 3 heterocycles. The number of carbonyl (C=O) groups is 1. The third kappa shape index (κ3) is 3.70. The molecule has 0 unspecified atom stereocenters. The van der Waals surface area contributed by atoms with Crippen LogP contribution in [0, 0.1) is 6.92 Å². The Labute approximate surface area is 159 Å². The molecule has 0 bridgehead atoms. The van der Waals surface area contributed by atoms with E-state index in [-0.39, 0.29) is 24.3 Å². The zero-order valence-corrected chi connectivity index (χ0v) is 14.9. The molecule has 0 atom stereocenters. The van der Waals surface area contributed by atoms with E-state index >= 15 is 0 Å². The van der Waals surface area contributed by atoms with Gasteiger partial charge in [0.25, 0.3) is 0 Å². The van der Waals surface area contributed by atoms with Crippen LogP contribution in [0.15, 0.2) is 48.7 Å². The molecule has 3 N–H and O–H groups in total. The van der Waals surface area contributed by atoms with Crippen LogP contribution in [0.4, 0.5) is 17.6 Å². The van der Waals surface area contributed by atoms with Crippen molar-refractivity contribution in [3.8, 4) is 0 Å². The maximum Gasteiger partial charge on any atom is 0.340 e. The first-order chi connectivity index (χ1) is 13.6. The van der Waals surface area contributed by atoms with E-state index in [4.69, 9.17) is 10.5 Å². The average molecular weight is 376 g/mol. The SMILES string of the molecule is Cc1nnc2ccc(C(=O)OCc3nc(N)nc(Nc4ccccc4)n3)cn12. The molecule has 0 fully saturated rings. The number of nitrogens with two attached hydrogens (primary N) is 1.